The molecular weight excluding hydrogens is 424 g/mol. The quantitative estimate of drug-likeness (QED) is 0.151. The van der Waals surface area contributed by atoms with Gasteiger partial charge in [0.05, 0.1) is 9.40 Å². The summed E-state index contributed by atoms with van der Waals surface area (Å²) in [5, 5.41) is 10.2. The summed E-state index contributed by atoms with van der Waals surface area (Å²) in [6.45, 7) is 2.25. The van der Waals surface area contributed by atoms with Crippen molar-refractivity contribution in [1.82, 2.24) is 0 Å². The largest absolute Gasteiger partial charge is 0.508 e. The highest BCUT2D eigenvalue weighted by molar-refractivity contribution is 7.87. The zero-order valence-corrected chi connectivity index (χ0v) is 20.1. The zero-order chi connectivity index (χ0) is 21.1. The summed E-state index contributed by atoms with van der Waals surface area (Å²) in [6, 6.07) is 1.62. The fraction of sp³-hybridized carbons (Fsp3) is 0.727. The number of hydrogen-bond acceptors (Lipinski definition) is 5. The van der Waals surface area contributed by atoms with Crippen molar-refractivity contribution in [3.05, 3.63) is 11.6 Å². The van der Waals surface area contributed by atoms with Gasteiger partial charge in [-0.1, -0.05) is 111 Å². The number of phenolic OH excluding ortho intramolecular Hbond substituents is 1. The van der Waals surface area contributed by atoms with Crippen molar-refractivity contribution in [1.29, 1.82) is 0 Å². The molecule has 0 bridgehead atoms. The van der Waals surface area contributed by atoms with E-state index in [-0.39, 0.29) is 10.6 Å². The van der Waals surface area contributed by atoms with Crippen LogP contribution in [0.1, 0.15) is 102 Å². The summed E-state index contributed by atoms with van der Waals surface area (Å²) in [4.78, 5) is -0.0778. The van der Waals surface area contributed by atoms with Crippen molar-refractivity contribution < 1.29 is 18.1 Å². The van der Waals surface area contributed by atoms with Gasteiger partial charge in [-0.25, -0.2) is 0 Å². The van der Waals surface area contributed by atoms with Gasteiger partial charge in [0.2, 0.25) is 0 Å². The number of phenols is 1. The molecule has 2 N–H and O–H groups in total. The van der Waals surface area contributed by atoms with Crippen LogP contribution in [-0.4, -0.2) is 18.1 Å². The average Bonchev–Trinajstić information content (AvgIpc) is 2.65. The van der Waals surface area contributed by atoms with Gasteiger partial charge in [-0.2, -0.15) is 8.42 Å². The molecule has 0 spiro atoms. The molecule has 2 aromatic rings. The molecule has 0 atom stereocenters. The van der Waals surface area contributed by atoms with Crippen LogP contribution in [0, 0.1) is 0 Å². The van der Waals surface area contributed by atoms with Gasteiger partial charge in [0.1, 0.15) is 10.6 Å². The first kappa shape index (κ1) is 24.6. The highest BCUT2D eigenvalue weighted by Crippen LogP contribution is 2.43. The van der Waals surface area contributed by atoms with Crippen molar-refractivity contribution in [2.24, 2.45) is 0 Å². The Hall–Kier alpha value is -0.630. The number of aromatic hydroxyl groups is 1. The molecule has 0 aliphatic heterocycles. The normalized spacial score (nSPS) is 12.2. The van der Waals surface area contributed by atoms with Crippen LogP contribution in [-0.2, 0) is 16.5 Å². The second kappa shape index (κ2) is 12.9. The third kappa shape index (κ3) is 8.19. The van der Waals surface area contributed by atoms with E-state index in [1.54, 1.807) is 6.07 Å². The maximum atomic E-state index is 11.8. The Morgan fingerprint density at radius 3 is 1.69 bits per heavy atom. The minimum Gasteiger partial charge on any atom is -0.508 e. The van der Waals surface area contributed by atoms with E-state index < -0.39 is 10.1 Å². The van der Waals surface area contributed by atoms with Gasteiger partial charge in [0, 0.05) is 5.56 Å². The van der Waals surface area contributed by atoms with E-state index in [2.05, 4.69) is 6.92 Å². The fourth-order valence-corrected chi connectivity index (χ4v) is 7.34. The molecule has 0 amide bonds. The molecule has 166 valence electrons. The summed E-state index contributed by atoms with van der Waals surface area (Å²) in [6.07, 6.45) is 18.2. The third-order valence-corrected chi connectivity index (χ3v) is 9.22. The maximum Gasteiger partial charge on any atom is 0.296 e. The van der Waals surface area contributed by atoms with Crippen LogP contribution in [0.15, 0.2) is 11.0 Å². The van der Waals surface area contributed by atoms with Gasteiger partial charge in [0.25, 0.3) is 10.1 Å². The maximum absolute atomic E-state index is 11.8. The first-order valence-electron chi connectivity index (χ1n) is 11.2. The molecular formula is C22H36O4S3. The Labute approximate surface area is 183 Å². The standard InChI is InChI=1S/C22H36O4S3/c1-2-3-4-5-6-7-8-9-10-11-12-13-14-15-16-18-19(23)17-20-21(28-27-20)22(18)29(24,25)26/h17,23H,2-16H2,1H3,(H,24,25,26). The van der Waals surface area contributed by atoms with E-state index in [4.69, 9.17) is 0 Å². The molecule has 1 heterocycles. The number of rotatable bonds is 16. The molecule has 0 saturated heterocycles. The van der Waals surface area contributed by atoms with Gasteiger partial charge in [0.15, 0.2) is 0 Å². The summed E-state index contributed by atoms with van der Waals surface area (Å²) in [5.74, 6) is -0.0149. The van der Waals surface area contributed by atoms with Crippen LogP contribution in [0.2, 0.25) is 0 Å². The summed E-state index contributed by atoms with van der Waals surface area (Å²) >= 11 is 0. The second-order valence-corrected chi connectivity index (χ2v) is 11.6. The predicted octanol–water partition coefficient (Wildman–Crippen LogP) is 7.94. The topological polar surface area (TPSA) is 74.6 Å². The number of benzene rings is 1. The van der Waals surface area contributed by atoms with Crippen molar-refractivity contribution in [3.8, 4) is 5.75 Å². The Morgan fingerprint density at radius 1 is 0.793 bits per heavy atom. The number of hydrogen-bond donors (Lipinski definition) is 2. The van der Waals surface area contributed by atoms with Crippen LogP contribution in [0.3, 0.4) is 0 Å². The lowest BCUT2D eigenvalue weighted by Crippen LogP contribution is -2.05. The minimum atomic E-state index is -4.32. The van der Waals surface area contributed by atoms with Gasteiger partial charge < -0.3 is 5.11 Å². The number of fused-ring (bicyclic) bond motifs is 1. The lowest BCUT2D eigenvalue weighted by atomic mass is 10.0. The Morgan fingerprint density at radius 2 is 1.28 bits per heavy atom. The van der Waals surface area contributed by atoms with E-state index in [0.29, 0.717) is 16.7 Å². The SMILES string of the molecule is CCCCCCCCCCCCCCCCc1c(O)cc2ssc2c1S(=O)(=O)O. The molecule has 0 radical (unpaired) electrons. The Kier molecular flexibility index (Phi) is 11.0. The number of unbranched alkanes of at least 4 members (excludes halogenated alkanes) is 13. The molecule has 0 unspecified atom stereocenters. The molecule has 7 heteroatoms. The zero-order valence-electron chi connectivity index (χ0n) is 17.6. The van der Waals surface area contributed by atoms with Crippen LogP contribution in [0.4, 0.5) is 0 Å². The lowest BCUT2D eigenvalue weighted by Gasteiger charge is -2.13. The first-order chi connectivity index (χ1) is 13.9. The molecule has 29 heavy (non-hydrogen) atoms. The van der Waals surface area contributed by atoms with E-state index in [9.17, 15) is 18.1 Å². The monoisotopic (exact) mass is 460 g/mol. The highest BCUT2D eigenvalue weighted by Gasteiger charge is 2.25. The molecule has 2 rings (SSSR count). The molecule has 0 aliphatic carbocycles. The van der Waals surface area contributed by atoms with Gasteiger partial charge in [-0.3, -0.25) is 4.55 Å². The smallest absolute Gasteiger partial charge is 0.296 e. The molecule has 1 aromatic carbocycles. The van der Waals surface area contributed by atoms with Gasteiger partial charge >= 0.3 is 0 Å². The Balaban J connectivity index is 1.58. The molecule has 0 saturated carbocycles. The second-order valence-electron chi connectivity index (χ2n) is 8.02. The van der Waals surface area contributed by atoms with Crippen molar-refractivity contribution in [2.75, 3.05) is 0 Å². The van der Waals surface area contributed by atoms with E-state index >= 15 is 0 Å². The van der Waals surface area contributed by atoms with Crippen LogP contribution < -0.4 is 0 Å². The highest BCUT2D eigenvalue weighted by atomic mass is 32.9. The Bertz CT molecular complexity index is 821. The summed E-state index contributed by atoms with van der Waals surface area (Å²) in [7, 11) is -1.57. The fourth-order valence-electron chi connectivity index (χ4n) is 3.85. The molecule has 0 fully saturated rings. The third-order valence-electron chi connectivity index (χ3n) is 5.53. The van der Waals surface area contributed by atoms with Crippen molar-refractivity contribution >= 4 is 40.2 Å². The predicted molar refractivity (Wildman–Crippen MR) is 125 cm³/mol. The van der Waals surface area contributed by atoms with Crippen molar-refractivity contribution in [3.63, 3.8) is 0 Å². The lowest BCUT2D eigenvalue weighted by molar-refractivity contribution is 0.457. The van der Waals surface area contributed by atoms with E-state index in [1.165, 1.54) is 91.3 Å². The van der Waals surface area contributed by atoms with Gasteiger partial charge in [-0.05, 0) is 18.9 Å². The molecule has 0 aliphatic rings. The van der Waals surface area contributed by atoms with Crippen molar-refractivity contribution in [2.45, 2.75) is 108 Å². The van der Waals surface area contributed by atoms with Crippen LogP contribution >= 0.6 is 20.7 Å². The van der Waals surface area contributed by atoms with E-state index in [1.807, 2.05) is 0 Å². The van der Waals surface area contributed by atoms with E-state index in [0.717, 1.165) is 24.0 Å². The summed E-state index contributed by atoms with van der Waals surface area (Å²) < 4.78 is 34.5. The molecule has 1 aromatic heterocycles. The van der Waals surface area contributed by atoms with Gasteiger partial charge in [-0.15, -0.1) is 0 Å². The van der Waals surface area contributed by atoms with Crippen LogP contribution in [0.25, 0.3) is 9.40 Å². The first-order valence-corrected chi connectivity index (χ1v) is 14.7. The minimum absolute atomic E-state index is 0.0149. The average molecular weight is 461 g/mol. The molecule has 4 nitrogen and oxygen atoms in total. The summed E-state index contributed by atoms with van der Waals surface area (Å²) in [5.41, 5.74) is 0.373. The van der Waals surface area contributed by atoms with Crippen LogP contribution in [0.5, 0.6) is 5.75 Å².